The predicted molar refractivity (Wildman–Crippen MR) is 346 cm³/mol. The van der Waals surface area contributed by atoms with Crippen molar-refractivity contribution in [3.05, 3.63) is 243 Å². The predicted octanol–water partition coefficient (Wildman–Crippen LogP) is 24.4. The zero-order chi connectivity index (χ0) is 56.6. The first-order valence-corrected chi connectivity index (χ1v) is 28.2. The number of hydrogen-bond acceptors (Lipinski definition) is 2. The first-order chi connectivity index (χ1) is 36.8. The van der Waals surface area contributed by atoms with Crippen molar-refractivity contribution in [1.82, 2.24) is 9.97 Å². The van der Waals surface area contributed by atoms with Crippen molar-refractivity contribution >= 4 is 64.8 Å². The average molecular weight is 994 g/mol. The molecular weight excluding hydrogens is 893 g/mol. The summed E-state index contributed by atoms with van der Waals surface area (Å²) in [5.74, 6) is 0. The number of aromatic nitrogens is 2. The van der Waals surface area contributed by atoms with Crippen LogP contribution in [0.4, 0.5) is 0 Å². The van der Waals surface area contributed by atoms with Crippen LogP contribution < -0.4 is 0 Å². The molecule has 0 aliphatic heterocycles. The number of rotatable bonds is 0. The molecule has 11 rings (SSSR count). The van der Waals surface area contributed by atoms with Gasteiger partial charge in [0, 0.05) is 34.7 Å². The average Bonchev–Trinajstić information content (AvgIpc) is 3.55. The van der Waals surface area contributed by atoms with E-state index < -0.39 is 0 Å². The fraction of sp³-hybridized carbons (Fsp3) is 0.278. The van der Waals surface area contributed by atoms with Crippen molar-refractivity contribution in [3.63, 3.8) is 0 Å². The molecule has 11 aromatic rings. The minimum atomic E-state index is 1.06. The maximum absolute atomic E-state index is 4.52. The van der Waals surface area contributed by atoms with Gasteiger partial charge in [-0.2, -0.15) is 0 Å². The van der Waals surface area contributed by atoms with Gasteiger partial charge < -0.3 is 0 Å². The molecule has 0 bridgehead atoms. The van der Waals surface area contributed by atoms with Crippen LogP contribution in [0.2, 0.25) is 0 Å². The highest BCUT2D eigenvalue weighted by atomic mass is 14.6. The zero-order valence-electron chi connectivity index (χ0n) is 50.0. The molecular formula is C72H100N2. The molecule has 0 fully saturated rings. The van der Waals surface area contributed by atoms with Gasteiger partial charge >= 0.3 is 0 Å². The molecule has 398 valence electrons. The van der Waals surface area contributed by atoms with Crippen LogP contribution in [0.1, 0.15) is 138 Å². The normalized spacial score (nSPS) is 8.27. The molecule has 74 heavy (non-hydrogen) atoms. The number of nitrogens with zero attached hydrogens (tertiary/aromatic N) is 2. The van der Waals surface area contributed by atoms with Gasteiger partial charge in [0.2, 0.25) is 0 Å². The van der Waals surface area contributed by atoms with Crippen molar-refractivity contribution in [2.45, 2.75) is 138 Å². The Kier molecular flexibility index (Phi) is 54.7. The Labute approximate surface area is 454 Å². The third kappa shape index (κ3) is 27.6. The van der Waals surface area contributed by atoms with E-state index in [0.29, 0.717) is 0 Å². The molecule has 0 unspecified atom stereocenters. The quantitative estimate of drug-likeness (QED) is 0.142. The second-order valence-corrected chi connectivity index (χ2v) is 12.6. The van der Waals surface area contributed by atoms with Crippen LogP contribution in [-0.2, 0) is 0 Å². The summed E-state index contributed by atoms with van der Waals surface area (Å²) >= 11 is 0. The molecule has 0 saturated heterocycles. The van der Waals surface area contributed by atoms with E-state index in [-0.39, 0.29) is 0 Å². The fourth-order valence-corrected chi connectivity index (χ4v) is 6.42. The lowest BCUT2D eigenvalue weighted by Crippen LogP contribution is -1.83. The van der Waals surface area contributed by atoms with Gasteiger partial charge in [-0.25, -0.2) is 0 Å². The Hall–Kier alpha value is -7.16. The largest absolute Gasteiger partial charge is 0.265 e. The summed E-state index contributed by atoms with van der Waals surface area (Å²) in [5.41, 5.74) is 1.06. The smallest absolute Gasteiger partial charge is 0.0708 e. The van der Waals surface area contributed by atoms with Crippen molar-refractivity contribution in [1.29, 1.82) is 0 Å². The van der Waals surface area contributed by atoms with Gasteiger partial charge in [0.05, 0.1) is 5.52 Å². The summed E-state index contributed by atoms with van der Waals surface area (Å²) in [4.78, 5) is 8.30. The van der Waals surface area contributed by atoms with Crippen molar-refractivity contribution < 1.29 is 0 Å². The molecule has 2 heteroatoms. The van der Waals surface area contributed by atoms with Crippen LogP contribution in [0.5, 0.6) is 0 Å². The third-order valence-electron chi connectivity index (χ3n) is 9.02. The molecule has 0 N–H and O–H groups in total. The monoisotopic (exact) mass is 993 g/mol. The van der Waals surface area contributed by atoms with E-state index in [1.807, 2.05) is 205 Å². The van der Waals surface area contributed by atoms with Gasteiger partial charge in [0.15, 0.2) is 0 Å². The molecule has 0 aliphatic carbocycles. The summed E-state index contributed by atoms with van der Waals surface area (Å²) < 4.78 is 0. The maximum atomic E-state index is 4.52. The second kappa shape index (κ2) is 55.2. The van der Waals surface area contributed by atoms with Crippen LogP contribution in [0.25, 0.3) is 64.8 Å². The Bertz CT molecular complexity index is 2560. The van der Waals surface area contributed by atoms with Crippen LogP contribution in [0.3, 0.4) is 0 Å². The van der Waals surface area contributed by atoms with Gasteiger partial charge in [-0.1, -0.05) is 345 Å². The van der Waals surface area contributed by atoms with Crippen LogP contribution >= 0.6 is 0 Å². The van der Waals surface area contributed by atoms with Crippen LogP contribution in [0.15, 0.2) is 243 Å². The van der Waals surface area contributed by atoms with Crippen LogP contribution in [-0.4, -0.2) is 9.97 Å². The second-order valence-electron chi connectivity index (χ2n) is 12.6. The highest BCUT2D eigenvalue weighted by Crippen LogP contribution is 2.30. The first kappa shape index (κ1) is 73.4. The van der Waals surface area contributed by atoms with Gasteiger partial charge in [0.25, 0.3) is 0 Å². The summed E-state index contributed by atoms with van der Waals surface area (Å²) in [7, 11) is 0. The van der Waals surface area contributed by atoms with E-state index in [4.69, 9.17) is 0 Å². The van der Waals surface area contributed by atoms with E-state index >= 15 is 0 Å². The Morgan fingerprint density at radius 2 is 0.459 bits per heavy atom. The summed E-state index contributed by atoms with van der Waals surface area (Å²) in [6, 6.07) is 76.9. The lowest BCUT2D eigenvalue weighted by Gasteiger charge is -2.06. The molecule has 2 heterocycles. The molecule has 0 spiro atoms. The van der Waals surface area contributed by atoms with Crippen molar-refractivity contribution in [3.8, 4) is 0 Å². The minimum absolute atomic E-state index is 1.06. The number of para-hydroxylation sites is 1. The number of benzene rings is 9. The van der Waals surface area contributed by atoms with Crippen molar-refractivity contribution in [2.24, 2.45) is 0 Å². The fourth-order valence-electron chi connectivity index (χ4n) is 6.42. The molecule has 0 atom stereocenters. The highest BCUT2D eigenvalue weighted by molar-refractivity contribution is 6.19. The van der Waals surface area contributed by atoms with Crippen molar-refractivity contribution in [2.75, 3.05) is 0 Å². The summed E-state index contributed by atoms with van der Waals surface area (Å²) in [6.45, 7) is 40.0. The molecule has 2 nitrogen and oxygen atoms in total. The Morgan fingerprint density at radius 1 is 0.203 bits per heavy atom. The number of fused-ring (bicyclic) bond motifs is 9. The molecule has 0 radical (unpaired) electrons. The van der Waals surface area contributed by atoms with E-state index in [9.17, 15) is 0 Å². The first-order valence-electron chi connectivity index (χ1n) is 28.2. The SMILES string of the molecule is CC.CC.CC.CC.CC.CC.CC.CC.CC.CC.c1ccc2c(c1)ccc1ccccc12.c1ccc2c(c1)ccc1cnc3ccccc3c12.c1ccc2ccccc2c1.c1ccccc1.c1ccncc1. The number of hydrogen-bond donors (Lipinski definition) is 0. The van der Waals surface area contributed by atoms with E-state index in [2.05, 4.69) is 174 Å². The molecule has 2 aromatic heterocycles. The topological polar surface area (TPSA) is 25.8 Å². The Morgan fingerprint density at radius 3 is 0.784 bits per heavy atom. The van der Waals surface area contributed by atoms with Gasteiger partial charge in [-0.15, -0.1) is 0 Å². The highest BCUT2D eigenvalue weighted by Gasteiger charge is 2.05. The lowest BCUT2D eigenvalue weighted by atomic mass is 10.00. The molecule has 0 saturated carbocycles. The summed E-state index contributed by atoms with van der Waals surface area (Å²) in [6.07, 6.45) is 5.46. The van der Waals surface area contributed by atoms with Gasteiger partial charge in [0.1, 0.15) is 0 Å². The lowest BCUT2D eigenvalue weighted by molar-refractivity contribution is 1.33. The van der Waals surface area contributed by atoms with Gasteiger partial charge in [-0.05, 0) is 61.3 Å². The molecule has 0 amide bonds. The third-order valence-corrected chi connectivity index (χ3v) is 9.02. The van der Waals surface area contributed by atoms with E-state index in [1.54, 1.807) is 12.4 Å². The van der Waals surface area contributed by atoms with Gasteiger partial charge in [-0.3, -0.25) is 9.97 Å². The standard InChI is InChI=1S/C17H11N.C14H10.C10H8.C6H6.C5H5N.10C2H6/c1-2-6-14-12(5-1)9-10-13-11-18-16-8-4-3-7-15(16)17(13)14;1-3-7-13-11(5-1)9-10-12-6-2-4-8-14(12)13;1-2-6-10-8-4-3-7-9(10)5-1;2*1-2-4-6-5-3-1;10*1-2/h1-11H;1-10H;1-8H;1-6H;1-5H;10*1-2H3. The van der Waals surface area contributed by atoms with E-state index in [0.717, 1.165) is 5.52 Å². The maximum Gasteiger partial charge on any atom is 0.0708 e. The summed E-state index contributed by atoms with van der Waals surface area (Å²) in [5, 5.41) is 14.2. The minimum Gasteiger partial charge on any atom is -0.265 e. The number of pyridine rings is 2. The Balaban J connectivity index is -0.000000395. The van der Waals surface area contributed by atoms with E-state index in [1.165, 1.54) is 59.2 Å². The molecule has 0 aliphatic rings. The zero-order valence-corrected chi connectivity index (χ0v) is 50.0. The molecule has 9 aromatic carbocycles. The van der Waals surface area contributed by atoms with Crippen LogP contribution in [0, 0.1) is 0 Å².